The number of benzene rings is 1. The van der Waals surface area contributed by atoms with Gasteiger partial charge in [0.15, 0.2) is 0 Å². The van der Waals surface area contributed by atoms with Crippen LogP contribution in [-0.2, 0) is 4.74 Å². The molecule has 5 heteroatoms. The van der Waals surface area contributed by atoms with E-state index < -0.39 is 0 Å². The first-order valence-corrected chi connectivity index (χ1v) is 7.10. The standard InChI is InChI=1S/C16H20N2O3/c1-20-8-9-21-14-5-2-4-13(10-14)15(19)18-12-16(11-17)6-3-7-16/h2,4-5,10H,3,6-9,12H2,1H3,(H,18,19). The van der Waals surface area contributed by atoms with Crippen LogP contribution in [0.15, 0.2) is 24.3 Å². The van der Waals surface area contributed by atoms with Crippen molar-refractivity contribution in [2.45, 2.75) is 19.3 Å². The Morgan fingerprint density at radius 3 is 2.86 bits per heavy atom. The summed E-state index contributed by atoms with van der Waals surface area (Å²) in [6, 6.07) is 9.33. The van der Waals surface area contributed by atoms with Crippen LogP contribution >= 0.6 is 0 Å². The highest BCUT2D eigenvalue weighted by molar-refractivity contribution is 5.94. The molecule has 112 valence electrons. The van der Waals surface area contributed by atoms with E-state index in [-0.39, 0.29) is 11.3 Å². The largest absolute Gasteiger partial charge is 0.491 e. The van der Waals surface area contributed by atoms with Gasteiger partial charge in [0.05, 0.1) is 18.1 Å². The van der Waals surface area contributed by atoms with Crippen LogP contribution in [0.4, 0.5) is 0 Å². The van der Waals surface area contributed by atoms with Gasteiger partial charge in [-0.15, -0.1) is 0 Å². The molecule has 0 atom stereocenters. The fourth-order valence-electron chi connectivity index (χ4n) is 2.25. The molecule has 1 aromatic carbocycles. The lowest BCUT2D eigenvalue weighted by Crippen LogP contribution is -2.41. The summed E-state index contributed by atoms with van der Waals surface area (Å²) in [5.74, 6) is 0.465. The minimum Gasteiger partial charge on any atom is -0.491 e. The highest BCUT2D eigenvalue weighted by Gasteiger charge is 2.37. The number of carbonyl (C=O) groups excluding carboxylic acids is 1. The number of nitrogens with one attached hydrogen (secondary N) is 1. The minimum absolute atomic E-state index is 0.172. The van der Waals surface area contributed by atoms with E-state index in [9.17, 15) is 4.79 Å². The van der Waals surface area contributed by atoms with Crippen molar-refractivity contribution in [1.82, 2.24) is 5.32 Å². The summed E-state index contributed by atoms with van der Waals surface area (Å²) in [4.78, 5) is 12.1. The number of rotatable bonds is 7. The van der Waals surface area contributed by atoms with E-state index in [0.29, 0.717) is 31.1 Å². The van der Waals surface area contributed by atoms with Crippen molar-refractivity contribution in [3.05, 3.63) is 29.8 Å². The molecule has 1 fully saturated rings. The number of ether oxygens (including phenoxy) is 2. The van der Waals surface area contributed by atoms with Gasteiger partial charge in [0.25, 0.3) is 5.91 Å². The quantitative estimate of drug-likeness (QED) is 0.780. The lowest BCUT2D eigenvalue weighted by atomic mass is 9.70. The van der Waals surface area contributed by atoms with Crippen molar-refractivity contribution in [1.29, 1.82) is 5.26 Å². The molecule has 1 aromatic rings. The lowest BCUT2D eigenvalue weighted by molar-refractivity contribution is 0.0918. The van der Waals surface area contributed by atoms with E-state index in [1.165, 1.54) is 0 Å². The Bertz CT molecular complexity index is 533. The highest BCUT2D eigenvalue weighted by Crippen LogP contribution is 2.39. The van der Waals surface area contributed by atoms with Crippen LogP contribution < -0.4 is 10.1 Å². The molecule has 2 rings (SSSR count). The number of nitrogens with zero attached hydrogens (tertiary/aromatic N) is 1. The molecule has 0 bridgehead atoms. The predicted molar refractivity (Wildman–Crippen MR) is 78.0 cm³/mol. The van der Waals surface area contributed by atoms with E-state index >= 15 is 0 Å². The Morgan fingerprint density at radius 2 is 2.24 bits per heavy atom. The van der Waals surface area contributed by atoms with Gasteiger partial charge in [0, 0.05) is 19.2 Å². The molecule has 1 saturated carbocycles. The van der Waals surface area contributed by atoms with Crippen LogP contribution in [0.2, 0.25) is 0 Å². The van der Waals surface area contributed by atoms with Gasteiger partial charge in [-0.25, -0.2) is 0 Å². The van der Waals surface area contributed by atoms with E-state index in [4.69, 9.17) is 14.7 Å². The molecule has 0 radical (unpaired) electrons. The van der Waals surface area contributed by atoms with Crippen molar-refractivity contribution >= 4 is 5.91 Å². The zero-order valence-electron chi connectivity index (χ0n) is 12.2. The number of amides is 1. The Labute approximate surface area is 124 Å². The first kappa shape index (κ1) is 15.3. The second-order valence-corrected chi connectivity index (χ2v) is 5.30. The van der Waals surface area contributed by atoms with E-state index in [2.05, 4.69) is 11.4 Å². The van der Waals surface area contributed by atoms with Crippen molar-refractivity contribution in [2.75, 3.05) is 26.9 Å². The Hall–Kier alpha value is -2.06. The number of hydrogen-bond acceptors (Lipinski definition) is 4. The van der Waals surface area contributed by atoms with Crippen molar-refractivity contribution in [3.8, 4) is 11.8 Å². The average Bonchev–Trinajstić information content (AvgIpc) is 2.47. The normalized spacial score (nSPS) is 15.6. The zero-order chi connectivity index (χ0) is 15.1. The monoisotopic (exact) mass is 288 g/mol. The van der Waals surface area contributed by atoms with Crippen LogP contribution in [0.1, 0.15) is 29.6 Å². The van der Waals surface area contributed by atoms with Gasteiger partial charge in [-0.05, 0) is 31.0 Å². The van der Waals surface area contributed by atoms with Crippen molar-refractivity contribution < 1.29 is 14.3 Å². The van der Waals surface area contributed by atoms with Crippen LogP contribution in [-0.4, -0.2) is 32.8 Å². The lowest BCUT2D eigenvalue weighted by Gasteiger charge is -2.35. The molecule has 1 aliphatic rings. The molecule has 1 aliphatic carbocycles. The van der Waals surface area contributed by atoms with E-state index in [0.717, 1.165) is 19.3 Å². The molecule has 0 unspecified atom stereocenters. The van der Waals surface area contributed by atoms with Gasteiger partial charge in [-0.1, -0.05) is 12.5 Å². The summed E-state index contributed by atoms with van der Waals surface area (Å²) >= 11 is 0. The molecular formula is C16H20N2O3. The second kappa shape index (κ2) is 7.09. The maximum atomic E-state index is 12.1. The first-order chi connectivity index (χ1) is 10.2. The Morgan fingerprint density at radius 1 is 1.43 bits per heavy atom. The van der Waals surface area contributed by atoms with Gasteiger partial charge in [-0.3, -0.25) is 4.79 Å². The molecule has 0 aliphatic heterocycles. The second-order valence-electron chi connectivity index (χ2n) is 5.30. The fraction of sp³-hybridized carbons (Fsp3) is 0.500. The van der Waals surface area contributed by atoms with E-state index in [1.54, 1.807) is 31.4 Å². The Kier molecular flexibility index (Phi) is 5.18. The summed E-state index contributed by atoms with van der Waals surface area (Å²) < 4.78 is 10.4. The molecule has 1 N–H and O–H groups in total. The number of hydrogen-bond donors (Lipinski definition) is 1. The Balaban J connectivity index is 1.90. The third-order valence-electron chi connectivity index (χ3n) is 3.79. The summed E-state index contributed by atoms with van der Waals surface area (Å²) in [6.07, 6.45) is 2.79. The molecule has 0 heterocycles. The summed E-state index contributed by atoms with van der Waals surface area (Å²) in [6.45, 7) is 1.36. The molecule has 0 spiro atoms. The molecule has 0 aromatic heterocycles. The molecule has 5 nitrogen and oxygen atoms in total. The number of nitriles is 1. The predicted octanol–water partition coefficient (Wildman–Crippen LogP) is 2.14. The number of carbonyl (C=O) groups is 1. The van der Waals surface area contributed by atoms with Gasteiger partial charge in [-0.2, -0.15) is 5.26 Å². The van der Waals surface area contributed by atoms with Crippen LogP contribution in [0.3, 0.4) is 0 Å². The fourth-order valence-corrected chi connectivity index (χ4v) is 2.25. The molecular weight excluding hydrogens is 268 g/mol. The summed E-state index contributed by atoms with van der Waals surface area (Å²) in [7, 11) is 1.61. The summed E-state index contributed by atoms with van der Waals surface area (Å²) in [5.41, 5.74) is 0.180. The molecule has 21 heavy (non-hydrogen) atoms. The third kappa shape index (κ3) is 3.96. The smallest absolute Gasteiger partial charge is 0.251 e. The average molecular weight is 288 g/mol. The SMILES string of the molecule is COCCOc1cccc(C(=O)NCC2(C#N)CCC2)c1. The first-order valence-electron chi connectivity index (χ1n) is 7.10. The van der Waals surface area contributed by atoms with Gasteiger partial charge in [0.1, 0.15) is 12.4 Å². The highest BCUT2D eigenvalue weighted by atomic mass is 16.5. The maximum absolute atomic E-state index is 12.1. The zero-order valence-corrected chi connectivity index (χ0v) is 12.2. The molecule has 0 saturated heterocycles. The van der Waals surface area contributed by atoms with Crippen molar-refractivity contribution in [3.63, 3.8) is 0 Å². The topological polar surface area (TPSA) is 71.3 Å². The van der Waals surface area contributed by atoms with Crippen LogP contribution in [0.25, 0.3) is 0 Å². The number of methoxy groups -OCH3 is 1. The molecule has 1 amide bonds. The summed E-state index contributed by atoms with van der Waals surface area (Å²) in [5, 5.41) is 12.0. The maximum Gasteiger partial charge on any atom is 0.251 e. The van der Waals surface area contributed by atoms with Crippen molar-refractivity contribution in [2.24, 2.45) is 5.41 Å². The van der Waals surface area contributed by atoms with Gasteiger partial charge >= 0.3 is 0 Å². The van der Waals surface area contributed by atoms with Crippen LogP contribution in [0.5, 0.6) is 5.75 Å². The van der Waals surface area contributed by atoms with Gasteiger partial charge < -0.3 is 14.8 Å². The van der Waals surface area contributed by atoms with E-state index in [1.807, 2.05) is 0 Å². The van der Waals surface area contributed by atoms with Crippen LogP contribution in [0, 0.1) is 16.7 Å². The van der Waals surface area contributed by atoms with Gasteiger partial charge in [0.2, 0.25) is 0 Å². The minimum atomic E-state index is -0.359. The third-order valence-corrected chi connectivity index (χ3v) is 3.79.